The van der Waals surface area contributed by atoms with Crippen LogP contribution in [0.1, 0.15) is 11.6 Å². The first-order chi connectivity index (χ1) is 7.93. The molecule has 1 aromatic carbocycles. The number of nitrogens with zero attached hydrogens (tertiary/aromatic N) is 3. The highest BCUT2D eigenvalue weighted by molar-refractivity contribution is 5.33. The largest absolute Gasteiger partial charge is 0.220 e. The lowest BCUT2D eigenvalue weighted by atomic mass is 10.1. The Labute approximate surface area is 93.7 Å². The second-order valence-electron chi connectivity index (χ2n) is 3.72. The summed E-state index contributed by atoms with van der Waals surface area (Å²) in [6, 6.07) is 10.00. The van der Waals surface area contributed by atoms with E-state index in [4.69, 9.17) is 0 Å². The summed E-state index contributed by atoms with van der Waals surface area (Å²) in [6.07, 6.45) is 10.3. The van der Waals surface area contributed by atoms with E-state index in [1.54, 1.807) is 4.68 Å². The minimum Gasteiger partial charge on any atom is -0.220 e. The second kappa shape index (κ2) is 3.77. The van der Waals surface area contributed by atoms with Crippen molar-refractivity contribution in [2.45, 2.75) is 5.92 Å². The van der Waals surface area contributed by atoms with E-state index in [2.05, 4.69) is 22.5 Å². The summed E-state index contributed by atoms with van der Waals surface area (Å²) in [5.74, 6) is 0.275. The van der Waals surface area contributed by atoms with Gasteiger partial charge in [-0.15, -0.1) is 5.10 Å². The standard InChI is InChI=1S/C13H11N3/c1-2-8-12(9-3-1)16-10-13(14-15-16)11-6-4-5-7-11/h1-11H. The Morgan fingerprint density at radius 3 is 2.50 bits per heavy atom. The van der Waals surface area contributed by atoms with Crippen molar-refractivity contribution in [2.75, 3.05) is 0 Å². The molecule has 3 heteroatoms. The van der Waals surface area contributed by atoms with Gasteiger partial charge >= 0.3 is 0 Å². The molecule has 0 atom stereocenters. The molecule has 1 aliphatic carbocycles. The van der Waals surface area contributed by atoms with Crippen LogP contribution in [0.4, 0.5) is 0 Å². The van der Waals surface area contributed by atoms with Gasteiger partial charge in [-0.3, -0.25) is 0 Å². The lowest BCUT2D eigenvalue weighted by molar-refractivity contribution is 0.797. The predicted octanol–water partition coefficient (Wildman–Crippen LogP) is 2.48. The lowest BCUT2D eigenvalue weighted by Crippen LogP contribution is -1.93. The van der Waals surface area contributed by atoms with E-state index in [1.165, 1.54) is 0 Å². The maximum Gasteiger partial charge on any atom is 0.0938 e. The average Bonchev–Trinajstić information content (AvgIpc) is 3.01. The first-order valence-corrected chi connectivity index (χ1v) is 5.26. The molecule has 0 aliphatic heterocycles. The van der Waals surface area contributed by atoms with E-state index < -0.39 is 0 Å². The van der Waals surface area contributed by atoms with Crippen LogP contribution in [0, 0.1) is 0 Å². The topological polar surface area (TPSA) is 30.7 Å². The van der Waals surface area contributed by atoms with Crippen molar-refractivity contribution in [1.82, 2.24) is 15.0 Å². The zero-order valence-electron chi connectivity index (χ0n) is 8.69. The van der Waals surface area contributed by atoms with Gasteiger partial charge < -0.3 is 0 Å². The minimum absolute atomic E-state index is 0.275. The molecule has 16 heavy (non-hydrogen) atoms. The molecular weight excluding hydrogens is 198 g/mol. The number of hydrogen-bond acceptors (Lipinski definition) is 2. The van der Waals surface area contributed by atoms with E-state index in [9.17, 15) is 0 Å². The van der Waals surface area contributed by atoms with Gasteiger partial charge in [-0.05, 0) is 12.1 Å². The number of aromatic nitrogens is 3. The predicted molar refractivity (Wildman–Crippen MR) is 62.4 cm³/mol. The summed E-state index contributed by atoms with van der Waals surface area (Å²) in [5, 5.41) is 8.31. The first-order valence-electron chi connectivity index (χ1n) is 5.26. The van der Waals surface area contributed by atoms with Crippen molar-refractivity contribution in [3.8, 4) is 5.69 Å². The molecule has 0 spiro atoms. The normalized spacial score (nSPS) is 14.8. The number of para-hydroxylation sites is 1. The summed E-state index contributed by atoms with van der Waals surface area (Å²) in [7, 11) is 0. The van der Waals surface area contributed by atoms with Crippen molar-refractivity contribution in [3.63, 3.8) is 0 Å². The minimum atomic E-state index is 0.275. The Bertz CT molecular complexity index is 525. The van der Waals surface area contributed by atoms with Crippen molar-refractivity contribution in [2.24, 2.45) is 0 Å². The van der Waals surface area contributed by atoms with Crippen molar-refractivity contribution in [3.05, 3.63) is 66.5 Å². The molecule has 0 bridgehead atoms. The number of rotatable bonds is 2. The van der Waals surface area contributed by atoms with E-state index in [0.717, 1.165) is 11.4 Å². The van der Waals surface area contributed by atoms with E-state index in [0.29, 0.717) is 0 Å². The first kappa shape index (κ1) is 9.09. The number of allylic oxidation sites excluding steroid dienone is 4. The van der Waals surface area contributed by atoms with E-state index in [1.807, 2.05) is 48.7 Å². The SMILES string of the molecule is C1=CC(c2cn(-c3ccccc3)nn2)C=C1. The molecule has 0 N–H and O–H groups in total. The molecule has 0 unspecified atom stereocenters. The van der Waals surface area contributed by atoms with Gasteiger partial charge in [-0.1, -0.05) is 47.7 Å². The molecule has 0 amide bonds. The fraction of sp³-hybridized carbons (Fsp3) is 0.0769. The van der Waals surface area contributed by atoms with Crippen LogP contribution in [0.3, 0.4) is 0 Å². The summed E-state index contributed by atoms with van der Waals surface area (Å²) < 4.78 is 1.80. The quantitative estimate of drug-likeness (QED) is 0.760. The molecule has 1 aromatic heterocycles. The third-order valence-electron chi connectivity index (χ3n) is 2.62. The maximum atomic E-state index is 4.19. The third-order valence-corrected chi connectivity index (χ3v) is 2.62. The van der Waals surface area contributed by atoms with Crippen LogP contribution in [0.25, 0.3) is 5.69 Å². The van der Waals surface area contributed by atoms with Crippen molar-refractivity contribution < 1.29 is 0 Å². The zero-order valence-corrected chi connectivity index (χ0v) is 8.69. The van der Waals surface area contributed by atoms with Crippen LogP contribution in [0.2, 0.25) is 0 Å². The molecule has 2 aromatic rings. The number of hydrogen-bond donors (Lipinski definition) is 0. The molecule has 3 nitrogen and oxygen atoms in total. The third kappa shape index (κ3) is 1.56. The van der Waals surface area contributed by atoms with Gasteiger partial charge in [0.1, 0.15) is 0 Å². The smallest absolute Gasteiger partial charge is 0.0938 e. The molecule has 1 aliphatic rings. The fourth-order valence-electron chi connectivity index (χ4n) is 1.77. The van der Waals surface area contributed by atoms with Crippen LogP contribution in [-0.2, 0) is 0 Å². The molecule has 1 heterocycles. The molecule has 3 rings (SSSR count). The highest BCUT2D eigenvalue weighted by Gasteiger charge is 2.11. The van der Waals surface area contributed by atoms with Crippen LogP contribution in [0.5, 0.6) is 0 Å². The van der Waals surface area contributed by atoms with Gasteiger partial charge in [0.05, 0.1) is 17.6 Å². The summed E-state index contributed by atoms with van der Waals surface area (Å²) >= 11 is 0. The van der Waals surface area contributed by atoms with Gasteiger partial charge in [-0.2, -0.15) is 0 Å². The molecule has 0 saturated carbocycles. The monoisotopic (exact) mass is 209 g/mol. The van der Waals surface area contributed by atoms with E-state index in [-0.39, 0.29) is 5.92 Å². The summed E-state index contributed by atoms with van der Waals surface area (Å²) in [5.41, 5.74) is 2.01. The Morgan fingerprint density at radius 2 is 1.75 bits per heavy atom. The van der Waals surface area contributed by atoms with Crippen molar-refractivity contribution >= 4 is 0 Å². The average molecular weight is 209 g/mol. The number of benzene rings is 1. The summed E-state index contributed by atoms with van der Waals surface area (Å²) in [4.78, 5) is 0. The summed E-state index contributed by atoms with van der Waals surface area (Å²) in [6.45, 7) is 0. The Hall–Kier alpha value is -2.16. The van der Waals surface area contributed by atoms with Crippen LogP contribution >= 0.6 is 0 Å². The fourth-order valence-corrected chi connectivity index (χ4v) is 1.77. The molecule has 78 valence electrons. The van der Waals surface area contributed by atoms with Crippen LogP contribution in [-0.4, -0.2) is 15.0 Å². The van der Waals surface area contributed by atoms with Gasteiger partial charge in [0.15, 0.2) is 0 Å². The van der Waals surface area contributed by atoms with Crippen LogP contribution in [0.15, 0.2) is 60.8 Å². The van der Waals surface area contributed by atoms with Gasteiger partial charge in [0, 0.05) is 5.92 Å². The molecule has 0 saturated heterocycles. The van der Waals surface area contributed by atoms with Gasteiger partial charge in [0.2, 0.25) is 0 Å². The second-order valence-corrected chi connectivity index (χ2v) is 3.72. The van der Waals surface area contributed by atoms with Gasteiger partial charge in [0.25, 0.3) is 0 Å². The van der Waals surface area contributed by atoms with Crippen LogP contribution < -0.4 is 0 Å². The molecular formula is C13H11N3. The highest BCUT2D eigenvalue weighted by atomic mass is 15.4. The Kier molecular flexibility index (Phi) is 2.14. The maximum absolute atomic E-state index is 4.19. The van der Waals surface area contributed by atoms with E-state index >= 15 is 0 Å². The lowest BCUT2D eigenvalue weighted by Gasteiger charge is -1.99. The van der Waals surface area contributed by atoms with Crippen molar-refractivity contribution in [1.29, 1.82) is 0 Å². The molecule has 0 radical (unpaired) electrons. The Morgan fingerprint density at radius 1 is 1.00 bits per heavy atom. The molecule has 0 fully saturated rings. The highest BCUT2D eigenvalue weighted by Crippen LogP contribution is 2.21. The Balaban J connectivity index is 1.94. The van der Waals surface area contributed by atoms with Gasteiger partial charge in [-0.25, -0.2) is 4.68 Å². The zero-order chi connectivity index (χ0) is 10.8.